The van der Waals surface area contributed by atoms with Crippen LogP contribution < -0.4 is 0 Å². The average Bonchev–Trinajstić information content (AvgIpc) is 3.20. The maximum Gasteiger partial charge on any atom is 0.262 e. The Bertz CT molecular complexity index is 1140. The maximum absolute atomic E-state index is 14.2. The van der Waals surface area contributed by atoms with Crippen LogP contribution in [0.25, 0.3) is 23.2 Å². The molecule has 3 heterocycles. The van der Waals surface area contributed by atoms with Gasteiger partial charge < -0.3 is 9.32 Å². The fourth-order valence-electron chi connectivity index (χ4n) is 3.03. The summed E-state index contributed by atoms with van der Waals surface area (Å²) in [4.78, 5) is 23.3. The monoisotopic (exact) mass is 399 g/mol. The van der Waals surface area contributed by atoms with Crippen LogP contribution >= 0.6 is 11.8 Å². The quantitative estimate of drug-likeness (QED) is 0.475. The molecule has 1 aliphatic rings. The zero-order chi connectivity index (χ0) is 20.0. The first-order valence-electron chi connectivity index (χ1n) is 8.37. The fraction of sp³-hybridized carbons (Fsp3) is 0.150. The standard InChI is InChI=1S/C20H15F2N3O2S/c1-10-4-7-15(27-10)18-16-17(23-20(24-18)28-3)14(25(2)19(16)26)8-11-5-6-12(21)9-13(11)22/h4-9H,1-3H3/b14-8-. The van der Waals surface area contributed by atoms with Gasteiger partial charge in [-0.25, -0.2) is 18.7 Å². The van der Waals surface area contributed by atoms with Crippen molar-refractivity contribution in [3.63, 3.8) is 0 Å². The molecule has 5 nitrogen and oxygen atoms in total. The second-order valence-corrected chi connectivity index (χ2v) is 7.03. The predicted molar refractivity (Wildman–Crippen MR) is 103 cm³/mol. The van der Waals surface area contributed by atoms with Crippen LogP contribution in [0.4, 0.5) is 8.78 Å². The Morgan fingerprint density at radius 1 is 1.14 bits per heavy atom. The minimum absolute atomic E-state index is 0.156. The van der Waals surface area contributed by atoms with Crippen molar-refractivity contribution in [2.24, 2.45) is 0 Å². The van der Waals surface area contributed by atoms with E-state index < -0.39 is 11.6 Å². The zero-order valence-corrected chi connectivity index (χ0v) is 16.1. The van der Waals surface area contributed by atoms with Crippen LogP contribution in [0.15, 0.2) is 39.9 Å². The highest BCUT2D eigenvalue weighted by molar-refractivity contribution is 7.98. The van der Waals surface area contributed by atoms with Crippen molar-refractivity contribution in [3.05, 3.63) is 64.5 Å². The van der Waals surface area contributed by atoms with Crippen LogP contribution in [0.1, 0.15) is 27.4 Å². The molecule has 1 aromatic carbocycles. The molecule has 0 fully saturated rings. The van der Waals surface area contributed by atoms with E-state index >= 15 is 0 Å². The van der Waals surface area contributed by atoms with Gasteiger partial charge >= 0.3 is 0 Å². The first-order valence-corrected chi connectivity index (χ1v) is 9.59. The van der Waals surface area contributed by atoms with Gasteiger partial charge in [0, 0.05) is 18.7 Å². The van der Waals surface area contributed by atoms with Gasteiger partial charge in [0.05, 0.1) is 11.3 Å². The van der Waals surface area contributed by atoms with Crippen LogP contribution in [0.5, 0.6) is 0 Å². The number of furan rings is 1. The molecule has 0 aliphatic carbocycles. The van der Waals surface area contributed by atoms with Gasteiger partial charge in [0.15, 0.2) is 10.9 Å². The van der Waals surface area contributed by atoms with E-state index in [1.165, 1.54) is 28.8 Å². The maximum atomic E-state index is 14.2. The van der Waals surface area contributed by atoms with Crippen molar-refractivity contribution in [1.82, 2.24) is 14.9 Å². The number of nitrogens with zero attached hydrogens (tertiary/aromatic N) is 3. The second kappa shape index (κ2) is 6.87. The van der Waals surface area contributed by atoms with Crippen molar-refractivity contribution in [3.8, 4) is 11.5 Å². The minimum Gasteiger partial charge on any atom is -0.460 e. The first kappa shape index (κ1) is 18.4. The smallest absolute Gasteiger partial charge is 0.262 e. The van der Waals surface area contributed by atoms with Crippen molar-refractivity contribution in [2.75, 3.05) is 13.3 Å². The number of aromatic nitrogens is 2. The molecule has 2 aromatic heterocycles. The number of amides is 1. The van der Waals surface area contributed by atoms with E-state index in [4.69, 9.17) is 4.42 Å². The van der Waals surface area contributed by atoms with Crippen molar-refractivity contribution in [2.45, 2.75) is 12.1 Å². The zero-order valence-electron chi connectivity index (χ0n) is 15.3. The molecule has 0 saturated carbocycles. The fourth-order valence-corrected chi connectivity index (χ4v) is 3.39. The molecule has 0 bridgehead atoms. The lowest BCUT2D eigenvalue weighted by atomic mass is 10.1. The number of benzene rings is 1. The number of hydrogen-bond donors (Lipinski definition) is 0. The van der Waals surface area contributed by atoms with Crippen LogP contribution in [0.3, 0.4) is 0 Å². The molecule has 1 aliphatic heterocycles. The molecule has 0 N–H and O–H groups in total. The summed E-state index contributed by atoms with van der Waals surface area (Å²) in [6.45, 7) is 1.80. The SMILES string of the molecule is CSc1nc2c(c(-c3ccc(C)o3)n1)C(=O)N(C)/C2=C\c1ccc(F)cc1F. The third-order valence-electron chi connectivity index (χ3n) is 4.42. The average molecular weight is 399 g/mol. The lowest BCUT2D eigenvalue weighted by Crippen LogP contribution is -2.17. The Labute approximate surface area is 164 Å². The highest BCUT2D eigenvalue weighted by Crippen LogP contribution is 2.38. The van der Waals surface area contributed by atoms with E-state index in [2.05, 4.69) is 9.97 Å². The molecule has 4 rings (SSSR count). The molecule has 28 heavy (non-hydrogen) atoms. The molecule has 0 unspecified atom stereocenters. The van der Waals surface area contributed by atoms with E-state index in [-0.39, 0.29) is 11.5 Å². The second-order valence-electron chi connectivity index (χ2n) is 6.25. The lowest BCUT2D eigenvalue weighted by molar-refractivity contribution is 0.0875. The molecule has 0 radical (unpaired) electrons. The van der Waals surface area contributed by atoms with E-state index in [1.54, 1.807) is 26.1 Å². The van der Waals surface area contributed by atoms with Crippen LogP contribution in [0.2, 0.25) is 0 Å². The largest absolute Gasteiger partial charge is 0.460 e. The van der Waals surface area contributed by atoms with E-state index in [9.17, 15) is 13.6 Å². The molecule has 0 spiro atoms. The Kier molecular flexibility index (Phi) is 4.50. The van der Waals surface area contributed by atoms with Gasteiger partial charge in [-0.05, 0) is 43.5 Å². The number of hydrogen-bond acceptors (Lipinski definition) is 5. The summed E-state index contributed by atoms with van der Waals surface area (Å²) in [5, 5.41) is 0.455. The van der Waals surface area contributed by atoms with Crippen molar-refractivity contribution in [1.29, 1.82) is 0 Å². The molecule has 3 aromatic rings. The number of thioether (sulfide) groups is 1. The number of aryl methyl sites for hydroxylation is 1. The lowest BCUT2D eigenvalue weighted by Gasteiger charge is -2.11. The molecule has 8 heteroatoms. The minimum atomic E-state index is -0.720. The normalized spacial score (nSPS) is 14.8. The van der Waals surface area contributed by atoms with Crippen LogP contribution in [0, 0.1) is 18.6 Å². The van der Waals surface area contributed by atoms with Gasteiger partial charge in [-0.2, -0.15) is 0 Å². The number of carbonyl (C=O) groups excluding carboxylic acids is 1. The van der Waals surface area contributed by atoms with Crippen LogP contribution in [-0.4, -0.2) is 34.1 Å². The number of halogens is 2. The highest BCUT2D eigenvalue weighted by Gasteiger charge is 2.36. The highest BCUT2D eigenvalue weighted by atomic mass is 32.2. The van der Waals surface area contributed by atoms with Crippen LogP contribution in [-0.2, 0) is 0 Å². The summed E-state index contributed by atoms with van der Waals surface area (Å²) in [7, 11) is 1.58. The Balaban J connectivity index is 1.95. The summed E-state index contributed by atoms with van der Waals surface area (Å²) in [6, 6.07) is 6.82. The van der Waals surface area contributed by atoms with Gasteiger partial charge in [0.1, 0.15) is 28.8 Å². The summed E-state index contributed by atoms with van der Waals surface area (Å²) >= 11 is 1.32. The predicted octanol–water partition coefficient (Wildman–Crippen LogP) is 4.63. The summed E-state index contributed by atoms with van der Waals surface area (Å²) in [5.41, 5.74) is 1.64. The van der Waals surface area contributed by atoms with Crippen molar-refractivity contribution >= 4 is 29.4 Å². The van der Waals surface area contributed by atoms with Gasteiger partial charge in [-0.3, -0.25) is 4.79 Å². The summed E-state index contributed by atoms with van der Waals surface area (Å²) in [5.74, 6) is -0.555. The van der Waals surface area contributed by atoms with Gasteiger partial charge in [-0.15, -0.1) is 0 Å². The Morgan fingerprint density at radius 2 is 1.89 bits per heavy atom. The molecule has 0 saturated heterocycles. The number of carbonyl (C=O) groups is 1. The van der Waals surface area contributed by atoms with E-state index in [0.717, 1.165) is 12.1 Å². The molecular weight excluding hydrogens is 384 g/mol. The van der Waals surface area contributed by atoms with E-state index in [1.807, 2.05) is 6.26 Å². The topological polar surface area (TPSA) is 59.2 Å². The third-order valence-corrected chi connectivity index (χ3v) is 4.97. The Morgan fingerprint density at radius 3 is 2.54 bits per heavy atom. The molecule has 142 valence electrons. The molecule has 1 amide bonds. The number of rotatable bonds is 3. The molecule has 0 atom stereocenters. The summed E-state index contributed by atoms with van der Waals surface area (Å²) < 4.78 is 33.1. The third kappa shape index (κ3) is 2.99. The van der Waals surface area contributed by atoms with Gasteiger partial charge in [0.2, 0.25) is 0 Å². The van der Waals surface area contributed by atoms with Gasteiger partial charge in [-0.1, -0.05) is 11.8 Å². The molecular formula is C20H15F2N3O2S. The number of fused-ring (bicyclic) bond motifs is 1. The summed E-state index contributed by atoms with van der Waals surface area (Å²) in [6.07, 6.45) is 3.30. The van der Waals surface area contributed by atoms with Gasteiger partial charge in [0.25, 0.3) is 5.91 Å². The van der Waals surface area contributed by atoms with E-state index in [0.29, 0.717) is 39.3 Å². The Hall–Kier alpha value is -3.00. The first-order chi connectivity index (χ1) is 13.4. The van der Waals surface area contributed by atoms with Crippen molar-refractivity contribution < 1.29 is 18.0 Å².